The zero-order valence-corrected chi connectivity index (χ0v) is 16.3. The van der Waals surface area contributed by atoms with Crippen LogP contribution in [0.5, 0.6) is 0 Å². The highest BCUT2D eigenvalue weighted by molar-refractivity contribution is 7.89. The minimum absolute atomic E-state index is 0.0629. The van der Waals surface area contributed by atoms with Gasteiger partial charge in [-0.05, 0) is 30.3 Å². The second-order valence-corrected chi connectivity index (χ2v) is 8.60. The lowest BCUT2D eigenvalue weighted by Crippen LogP contribution is -2.50. The fourth-order valence-corrected chi connectivity index (χ4v) is 4.58. The zero-order valence-electron chi connectivity index (χ0n) is 14.7. The number of carbonyl (C=O) groups is 1. The maximum atomic E-state index is 13.9. The molecule has 10 heteroatoms. The first-order chi connectivity index (χ1) is 13.3. The van der Waals surface area contributed by atoms with Gasteiger partial charge >= 0.3 is 0 Å². The minimum Gasteiger partial charge on any atom is -0.324 e. The normalized spacial score (nSPS) is 16.1. The maximum absolute atomic E-state index is 13.9. The van der Waals surface area contributed by atoms with Gasteiger partial charge in [-0.15, -0.1) is 0 Å². The van der Waals surface area contributed by atoms with Crippen molar-refractivity contribution in [1.82, 2.24) is 9.21 Å². The van der Waals surface area contributed by atoms with Gasteiger partial charge in [0.15, 0.2) is 0 Å². The molecule has 0 atom stereocenters. The van der Waals surface area contributed by atoms with E-state index in [0.29, 0.717) is 16.8 Å². The third kappa shape index (κ3) is 4.67. The Labute approximate surface area is 166 Å². The summed E-state index contributed by atoms with van der Waals surface area (Å²) in [4.78, 5) is 13.3. The standard InChI is InChI=1S/C18H18ClF2N3O3S/c19-14-3-1-2-4-16(14)22-18(25)12-23-7-9-24(10-8-23)28(26,27)17-11-13(20)5-6-15(17)21/h1-6,11H,7-10,12H2,(H,22,25). The molecule has 3 rings (SSSR count). The van der Waals surface area contributed by atoms with Crippen LogP contribution in [-0.4, -0.2) is 56.3 Å². The molecule has 1 saturated heterocycles. The molecule has 2 aromatic carbocycles. The Morgan fingerprint density at radius 2 is 1.75 bits per heavy atom. The molecule has 0 saturated carbocycles. The third-order valence-corrected chi connectivity index (χ3v) is 6.60. The zero-order chi connectivity index (χ0) is 20.3. The summed E-state index contributed by atoms with van der Waals surface area (Å²) in [5.74, 6) is -2.10. The lowest BCUT2D eigenvalue weighted by Gasteiger charge is -2.33. The van der Waals surface area contributed by atoms with Gasteiger partial charge < -0.3 is 5.32 Å². The van der Waals surface area contributed by atoms with E-state index in [1.807, 2.05) is 0 Å². The van der Waals surface area contributed by atoms with Crippen LogP contribution in [0.25, 0.3) is 0 Å². The number of hydrogen-bond acceptors (Lipinski definition) is 4. The Kier molecular flexibility index (Phi) is 6.29. The third-order valence-electron chi connectivity index (χ3n) is 4.36. The molecule has 1 aliphatic rings. The highest BCUT2D eigenvalue weighted by Crippen LogP contribution is 2.22. The quantitative estimate of drug-likeness (QED) is 0.793. The molecule has 6 nitrogen and oxygen atoms in total. The summed E-state index contributed by atoms with van der Waals surface area (Å²) in [5.41, 5.74) is 0.497. The van der Waals surface area contributed by atoms with Gasteiger partial charge in [-0.25, -0.2) is 17.2 Å². The lowest BCUT2D eigenvalue weighted by atomic mass is 10.3. The molecular formula is C18H18ClF2N3O3S. The van der Waals surface area contributed by atoms with Crippen molar-refractivity contribution in [3.05, 3.63) is 59.1 Å². The summed E-state index contributed by atoms with van der Waals surface area (Å²) in [6.45, 7) is 0.765. The van der Waals surface area contributed by atoms with Crippen molar-refractivity contribution < 1.29 is 22.0 Å². The number of halogens is 3. The van der Waals surface area contributed by atoms with Gasteiger partial charge in [-0.1, -0.05) is 23.7 Å². The number of nitrogens with zero attached hydrogens (tertiary/aromatic N) is 2. The predicted octanol–water partition coefficient (Wildman–Crippen LogP) is 2.56. The second-order valence-electron chi connectivity index (χ2n) is 6.28. The van der Waals surface area contributed by atoms with Crippen molar-refractivity contribution in [3.8, 4) is 0 Å². The molecule has 1 amide bonds. The van der Waals surface area contributed by atoms with Crippen LogP contribution < -0.4 is 5.32 Å². The van der Waals surface area contributed by atoms with E-state index < -0.39 is 26.6 Å². The number of hydrogen-bond donors (Lipinski definition) is 1. The first-order valence-electron chi connectivity index (χ1n) is 8.49. The molecular weight excluding hydrogens is 412 g/mol. The monoisotopic (exact) mass is 429 g/mol. The van der Waals surface area contributed by atoms with Gasteiger partial charge in [0.1, 0.15) is 16.5 Å². The average Bonchev–Trinajstić information content (AvgIpc) is 2.66. The SMILES string of the molecule is O=C(CN1CCN(S(=O)(=O)c2cc(F)ccc2F)CC1)Nc1ccccc1Cl. The van der Waals surface area contributed by atoms with Crippen LogP contribution in [0.4, 0.5) is 14.5 Å². The van der Waals surface area contributed by atoms with Crippen molar-refractivity contribution in [2.45, 2.75) is 4.90 Å². The molecule has 0 aliphatic carbocycles. The number of rotatable bonds is 5. The van der Waals surface area contributed by atoms with Crippen molar-refractivity contribution in [1.29, 1.82) is 0 Å². The van der Waals surface area contributed by atoms with Crippen molar-refractivity contribution in [2.75, 3.05) is 38.0 Å². The summed E-state index contributed by atoms with van der Waals surface area (Å²) < 4.78 is 53.4. The molecule has 150 valence electrons. The molecule has 0 radical (unpaired) electrons. The fourth-order valence-electron chi connectivity index (χ4n) is 2.90. The van der Waals surface area contributed by atoms with Gasteiger partial charge in [-0.2, -0.15) is 4.31 Å². The number of benzene rings is 2. The van der Waals surface area contributed by atoms with Crippen molar-refractivity contribution in [3.63, 3.8) is 0 Å². The largest absolute Gasteiger partial charge is 0.324 e. The lowest BCUT2D eigenvalue weighted by molar-refractivity contribution is -0.117. The molecule has 1 heterocycles. The molecule has 0 spiro atoms. The summed E-state index contributed by atoms with van der Waals surface area (Å²) in [6, 6.07) is 9.16. The van der Waals surface area contributed by atoms with Crippen LogP contribution in [0.15, 0.2) is 47.4 Å². The van der Waals surface area contributed by atoms with Gasteiger partial charge in [0.05, 0.1) is 17.3 Å². The van der Waals surface area contributed by atoms with E-state index in [4.69, 9.17) is 11.6 Å². The van der Waals surface area contributed by atoms with E-state index in [0.717, 1.165) is 16.4 Å². The second kappa shape index (κ2) is 8.52. The number of nitrogens with one attached hydrogen (secondary N) is 1. The number of para-hydroxylation sites is 1. The number of carbonyl (C=O) groups excluding carboxylic acids is 1. The van der Waals surface area contributed by atoms with Crippen LogP contribution in [-0.2, 0) is 14.8 Å². The average molecular weight is 430 g/mol. The molecule has 1 aliphatic heterocycles. The van der Waals surface area contributed by atoms with E-state index in [1.165, 1.54) is 0 Å². The number of sulfonamides is 1. The van der Waals surface area contributed by atoms with Crippen LogP contribution in [0.2, 0.25) is 5.02 Å². The van der Waals surface area contributed by atoms with Gasteiger partial charge in [0, 0.05) is 26.2 Å². The summed E-state index contributed by atoms with van der Waals surface area (Å²) in [7, 11) is -4.15. The minimum atomic E-state index is -4.15. The van der Waals surface area contributed by atoms with Crippen molar-refractivity contribution in [2.24, 2.45) is 0 Å². The summed E-state index contributed by atoms with van der Waals surface area (Å²) in [5, 5.41) is 3.12. The first-order valence-corrected chi connectivity index (χ1v) is 10.3. The van der Waals surface area contributed by atoms with E-state index >= 15 is 0 Å². The highest BCUT2D eigenvalue weighted by Gasteiger charge is 2.31. The Morgan fingerprint density at radius 1 is 1.07 bits per heavy atom. The van der Waals surface area contributed by atoms with Crippen LogP contribution in [0.3, 0.4) is 0 Å². The van der Waals surface area contributed by atoms with E-state index in [9.17, 15) is 22.0 Å². The van der Waals surface area contributed by atoms with Crippen molar-refractivity contribution >= 4 is 33.2 Å². The Hall–Kier alpha value is -2.07. The van der Waals surface area contributed by atoms with E-state index in [2.05, 4.69) is 5.32 Å². The fraction of sp³-hybridized carbons (Fsp3) is 0.278. The first kappa shape index (κ1) is 20.7. The molecule has 1 fully saturated rings. The van der Waals surface area contributed by atoms with Gasteiger partial charge in [-0.3, -0.25) is 9.69 Å². The Morgan fingerprint density at radius 3 is 2.43 bits per heavy atom. The molecule has 2 aromatic rings. The maximum Gasteiger partial charge on any atom is 0.246 e. The number of amides is 1. The topological polar surface area (TPSA) is 69.7 Å². The Balaban J connectivity index is 1.59. The van der Waals surface area contributed by atoms with Crippen LogP contribution in [0.1, 0.15) is 0 Å². The van der Waals surface area contributed by atoms with Crippen LogP contribution >= 0.6 is 11.6 Å². The van der Waals surface area contributed by atoms with Gasteiger partial charge in [0.25, 0.3) is 0 Å². The molecule has 0 bridgehead atoms. The van der Waals surface area contributed by atoms with E-state index in [1.54, 1.807) is 29.2 Å². The molecule has 0 unspecified atom stereocenters. The number of anilines is 1. The molecule has 0 aromatic heterocycles. The summed E-state index contributed by atoms with van der Waals surface area (Å²) in [6.07, 6.45) is 0. The summed E-state index contributed by atoms with van der Waals surface area (Å²) >= 11 is 6.00. The van der Waals surface area contributed by atoms with E-state index in [-0.39, 0.29) is 38.6 Å². The smallest absolute Gasteiger partial charge is 0.246 e. The molecule has 28 heavy (non-hydrogen) atoms. The van der Waals surface area contributed by atoms with Crippen LogP contribution in [0, 0.1) is 11.6 Å². The van der Waals surface area contributed by atoms with Gasteiger partial charge in [0.2, 0.25) is 15.9 Å². The number of piperazine rings is 1. The molecule has 1 N–H and O–H groups in total. The Bertz CT molecular complexity index is 980. The predicted molar refractivity (Wildman–Crippen MR) is 102 cm³/mol. The highest BCUT2D eigenvalue weighted by atomic mass is 35.5.